The summed E-state index contributed by atoms with van der Waals surface area (Å²) in [5, 5.41) is 18.9. The molecule has 2 heterocycles. The van der Waals surface area contributed by atoms with Crippen molar-refractivity contribution in [3.63, 3.8) is 0 Å². The van der Waals surface area contributed by atoms with Crippen molar-refractivity contribution >= 4 is 23.2 Å². The van der Waals surface area contributed by atoms with Gasteiger partial charge in [-0.3, -0.25) is 14.8 Å². The smallest absolute Gasteiger partial charge is 0.274 e. The Balaban J connectivity index is 1.58. The Hall–Kier alpha value is -3.10. The van der Waals surface area contributed by atoms with E-state index in [0.29, 0.717) is 18.0 Å². The molecule has 1 fully saturated rings. The second-order valence-corrected chi connectivity index (χ2v) is 6.87. The summed E-state index contributed by atoms with van der Waals surface area (Å²) >= 11 is 0. The molecule has 0 aliphatic carbocycles. The molecule has 0 saturated carbocycles. The lowest BCUT2D eigenvalue weighted by molar-refractivity contribution is -0.121. The molecule has 8 nitrogen and oxygen atoms in total. The Kier molecular flexibility index (Phi) is 4.89. The Labute approximate surface area is 161 Å². The van der Waals surface area contributed by atoms with Gasteiger partial charge in [0.15, 0.2) is 6.61 Å². The fourth-order valence-electron chi connectivity index (χ4n) is 3.61. The van der Waals surface area contributed by atoms with Crippen LogP contribution in [0.1, 0.15) is 28.8 Å². The summed E-state index contributed by atoms with van der Waals surface area (Å²) in [6.07, 6.45) is 1.28. The summed E-state index contributed by atoms with van der Waals surface area (Å²) in [6, 6.07) is 12.4. The van der Waals surface area contributed by atoms with Crippen LogP contribution in [0.5, 0.6) is 5.75 Å². The fourth-order valence-corrected chi connectivity index (χ4v) is 3.61. The van der Waals surface area contributed by atoms with E-state index >= 15 is 0 Å². The third-order valence-corrected chi connectivity index (χ3v) is 5.10. The van der Waals surface area contributed by atoms with Crippen molar-refractivity contribution in [2.24, 2.45) is 0 Å². The fraction of sp³-hybridized carbons (Fsp3) is 0.300. The average Bonchev–Trinajstić information content (AvgIpc) is 3.15. The zero-order valence-electron chi connectivity index (χ0n) is 15.2. The number of benzene rings is 2. The van der Waals surface area contributed by atoms with Gasteiger partial charge in [0.2, 0.25) is 0 Å². The van der Waals surface area contributed by atoms with E-state index in [9.17, 15) is 14.7 Å². The molecule has 0 radical (unpaired) electrons. The second kappa shape index (κ2) is 7.49. The Bertz CT molecular complexity index is 899. The third kappa shape index (κ3) is 3.39. The quantitative estimate of drug-likeness (QED) is 0.548. The number of carbonyl (C=O) groups excluding carboxylic acids is 2. The maximum absolute atomic E-state index is 12.4. The number of amides is 2. The molecule has 0 aromatic heterocycles. The van der Waals surface area contributed by atoms with Gasteiger partial charge in [0.1, 0.15) is 12.0 Å². The van der Waals surface area contributed by atoms with Gasteiger partial charge in [-0.15, -0.1) is 0 Å². The molecule has 28 heavy (non-hydrogen) atoms. The molecule has 2 aliphatic rings. The van der Waals surface area contributed by atoms with E-state index < -0.39 is 12.1 Å². The van der Waals surface area contributed by atoms with E-state index in [1.807, 2.05) is 29.2 Å². The van der Waals surface area contributed by atoms with Crippen molar-refractivity contribution in [3.8, 4) is 5.75 Å². The Morgan fingerprint density at radius 3 is 2.68 bits per heavy atom. The zero-order valence-corrected chi connectivity index (χ0v) is 15.2. The number of hydrogen-bond acceptors (Lipinski definition) is 6. The van der Waals surface area contributed by atoms with Gasteiger partial charge >= 0.3 is 0 Å². The topological polar surface area (TPSA) is 102 Å². The number of hydroxylamine groups is 1. The first kappa shape index (κ1) is 18.3. The monoisotopic (exact) mass is 383 g/mol. The number of rotatable bonds is 4. The lowest BCUT2D eigenvalue weighted by atomic mass is 10.1. The normalized spacial score (nSPS) is 18.6. The Morgan fingerprint density at radius 2 is 2.00 bits per heavy atom. The van der Waals surface area contributed by atoms with Gasteiger partial charge in [-0.25, -0.2) is 5.48 Å². The van der Waals surface area contributed by atoms with Crippen molar-refractivity contribution in [2.75, 3.05) is 23.0 Å². The Morgan fingerprint density at radius 1 is 1.21 bits per heavy atom. The zero-order chi connectivity index (χ0) is 19.7. The van der Waals surface area contributed by atoms with Crippen molar-refractivity contribution in [1.82, 2.24) is 5.48 Å². The minimum absolute atomic E-state index is 0.0728. The molecule has 3 N–H and O–H groups in total. The van der Waals surface area contributed by atoms with Crippen molar-refractivity contribution in [1.29, 1.82) is 0 Å². The number of nitrogens with zero attached hydrogens (tertiary/aromatic N) is 2. The van der Waals surface area contributed by atoms with Gasteiger partial charge in [0.05, 0.1) is 12.2 Å². The highest BCUT2D eigenvalue weighted by molar-refractivity contribution is 6.01. The first-order valence-corrected chi connectivity index (χ1v) is 9.12. The van der Waals surface area contributed by atoms with Crippen LogP contribution in [-0.2, 0) is 11.3 Å². The van der Waals surface area contributed by atoms with Crippen molar-refractivity contribution < 1.29 is 24.6 Å². The number of hydrogen-bond donors (Lipinski definition) is 3. The highest BCUT2D eigenvalue weighted by atomic mass is 16.5. The molecule has 2 aromatic rings. The van der Waals surface area contributed by atoms with Crippen LogP contribution in [0.2, 0.25) is 0 Å². The molecule has 1 unspecified atom stereocenters. The van der Waals surface area contributed by atoms with E-state index in [-0.39, 0.29) is 18.1 Å². The molecule has 2 amide bonds. The number of nitrogens with one attached hydrogen (secondary N) is 1. The van der Waals surface area contributed by atoms with Gasteiger partial charge in [-0.1, -0.05) is 12.1 Å². The van der Waals surface area contributed by atoms with E-state index in [4.69, 9.17) is 9.94 Å². The first-order valence-electron chi connectivity index (χ1n) is 9.12. The molecule has 146 valence electrons. The molecular formula is C20H21N3O5. The summed E-state index contributed by atoms with van der Waals surface area (Å²) in [5.74, 6) is -0.367. The number of aliphatic hydroxyl groups is 1. The van der Waals surface area contributed by atoms with Crippen LogP contribution in [0.4, 0.5) is 11.4 Å². The van der Waals surface area contributed by atoms with Crippen LogP contribution in [-0.4, -0.2) is 41.5 Å². The van der Waals surface area contributed by atoms with Crippen molar-refractivity contribution in [3.05, 3.63) is 53.6 Å². The van der Waals surface area contributed by atoms with E-state index in [0.717, 1.165) is 30.6 Å². The third-order valence-electron chi connectivity index (χ3n) is 5.10. The molecule has 4 rings (SSSR count). The molecule has 0 spiro atoms. The minimum Gasteiger partial charge on any atom is -0.482 e. The van der Waals surface area contributed by atoms with Crippen LogP contribution in [0.25, 0.3) is 0 Å². The van der Waals surface area contributed by atoms with Crippen molar-refractivity contribution in [2.45, 2.75) is 25.6 Å². The molecule has 1 atom stereocenters. The number of fused-ring (bicyclic) bond motifs is 1. The predicted octanol–water partition coefficient (Wildman–Crippen LogP) is 1.65. The highest BCUT2D eigenvalue weighted by Gasteiger charge is 2.27. The maximum atomic E-state index is 12.4. The van der Waals surface area contributed by atoms with Gasteiger partial charge < -0.3 is 19.6 Å². The van der Waals surface area contributed by atoms with E-state index in [1.165, 1.54) is 12.1 Å². The standard InChI is InChI=1S/C20H21N3O5/c24-18-2-1-9-22(18)15-6-3-13(4-7-15)11-23-16-10-14(20(26)21-27)5-8-17(16)28-12-19(23)25/h3-8,10,18,24,27H,1-2,9,11-12H2,(H,21,26). The largest absolute Gasteiger partial charge is 0.482 e. The van der Waals surface area contributed by atoms with Gasteiger partial charge in [-0.2, -0.15) is 0 Å². The molecular weight excluding hydrogens is 362 g/mol. The summed E-state index contributed by atoms with van der Waals surface area (Å²) in [5.41, 5.74) is 4.16. The number of ether oxygens (including phenoxy) is 1. The number of carbonyl (C=O) groups is 2. The number of aliphatic hydroxyl groups excluding tert-OH is 1. The second-order valence-electron chi connectivity index (χ2n) is 6.87. The van der Waals surface area contributed by atoms with Crippen LogP contribution < -0.4 is 20.0 Å². The minimum atomic E-state index is -0.658. The SMILES string of the molecule is O=C(NO)c1ccc2c(c1)N(Cc1ccc(N3CCCC3O)cc1)C(=O)CO2. The van der Waals surface area contributed by atoms with Gasteiger partial charge in [0.25, 0.3) is 11.8 Å². The summed E-state index contributed by atoms with van der Waals surface area (Å²) in [4.78, 5) is 27.7. The molecule has 2 aromatic carbocycles. The van der Waals surface area contributed by atoms with Gasteiger partial charge in [-0.05, 0) is 48.7 Å². The maximum Gasteiger partial charge on any atom is 0.274 e. The van der Waals surface area contributed by atoms with Crippen LogP contribution in [0.15, 0.2) is 42.5 Å². The molecule has 2 aliphatic heterocycles. The molecule has 0 bridgehead atoms. The van der Waals surface area contributed by atoms with E-state index in [2.05, 4.69) is 0 Å². The molecule has 8 heteroatoms. The molecule has 1 saturated heterocycles. The highest BCUT2D eigenvalue weighted by Crippen LogP contribution is 2.34. The van der Waals surface area contributed by atoms with Crippen LogP contribution >= 0.6 is 0 Å². The first-order chi connectivity index (χ1) is 13.6. The number of anilines is 2. The van der Waals surface area contributed by atoms with E-state index in [1.54, 1.807) is 16.4 Å². The summed E-state index contributed by atoms with van der Waals surface area (Å²) in [6.45, 7) is 1.07. The lowest BCUT2D eigenvalue weighted by Gasteiger charge is -2.30. The summed E-state index contributed by atoms with van der Waals surface area (Å²) < 4.78 is 5.45. The summed E-state index contributed by atoms with van der Waals surface area (Å²) in [7, 11) is 0. The lowest BCUT2D eigenvalue weighted by Crippen LogP contribution is -2.38. The van der Waals surface area contributed by atoms with Gasteiger partial charge in [0, 0.05) is 17.8 Å². The van der Waals surface area contributed by atoms with Crippen LogP contribution in [0.3, 0.4) is 0 Å². The average molecular weight is 383 g/mol. The predicted molar refractivity (Wildman–Crippen MR) is 101 cm³/mol. The van der Waals surface area contributed by atoms with Crippen LogP contribution in [0, 0.1) is 0 Å².